The zero-order chi connectivity index (χ0) is 11.4. The summed E-state index contributed by atoms with van der Waals surface area (Å²) in [6.45, 7) is 1.51. The zero-order valence-electron chi connectivity index (χ0n) is 9.00. The molecule has 1 fully saturated rings. The number of aromatic nitrogens is 1. The quantitative estimate of drug-likeness (QED) is 0.787. The minimum atomic E-state index is 0.162. The van der Waals surface area contributed by atoms with E-state index in [-0.39, 0.29) is 11.9 Å². The molecule has 1 aromatic rings. The zero-order valence-corrected chi connectivity index (χ0v) is 9.82. The van der Waals surface area contributed by atoms with Crippen LogP contribution in [0.5, 0.6) is 0 Å². The van der Waals surface area contributed by atoms with Crippen molar-refractivity contribution in [1.82, 2.24) is 9.88 Å². The van der Waals surface area contributed by atoms with Crippen molar-refractivity contribution in [2.45, 2.75) is 17.4 Å². The highest BCUT2D eigenvalue weighted by molar-refractivity contribution is 8.00. The summed E-state index contributed by atoms with van der Waals surface area (Å²) in [4.78, 5) is 18.7. The van der Waals surface area contributed by atoms with Crippen LogP contribution in [0.25, 0.3) is 0 Å². The molecule has 0 spiro atoms. The van der Waals surface area contributed by atoms with Crippen LogP contribution in [0.2, 0.25) is 0 Å². The lowest BCUT2D eigenvalue weighted by molar-refractivity contribution is -0.127. The first-order valence-electron chi connectivity index (χ1n) is 5.32. The van der Waals surface area contributed by atoms with E-state index in [0.29, 0.717) is 12.3 Å². The SMILES string of the molecule is N[C@@H]1CCN(C(=O)CSc2ccncc2)C1. The number of amides is 1. The summed E-state index contributed by atoms with van der Waals surface area (Å²) in [7, 11) is 0. The van der Waals surface area contributed by atoms with E-state index in [9.17, 15) is 4.79 Å². The van der Waals surface area contributed by atoms with Gasteiger partial charge in [0.25, 0.3) is 0 Å². The molecule has 2 heterocycles. The van der Waals surface area contributed by atoms with Crippen LogP contribution in [0, 0.1) is 0 Å². The number of carbonyl (C=O) groups is 1. The van der Waals surface area contributed by atoms with Crippen molar-refractivity contribution in [3.8, 4) is 0 Å². The lowest BCUT2D eigenvalue weighted by Gasteiger charge is -2.15. The molecule has 86 valence electrons. The second-order valence-electron chi connectivity index (χ2n) is 3.86. The summed E-state index contributed by atoms with van der Waals surface area (Å²) < 4.78 is 0. The van der Waals surface area contributed by atoms with Gasteiger partial charge in [0.15, 0.2) is 0 Å². The first-order chi connectivity index (χ1) is 7.75. The Balaban J connectivity index is 1.80. The minimum absolute atomic E-state index is 0.162. The van der Waals surface area contributed by atoms with Crippen LogP contribution < -0.4 is 5.73 Å². The number of thioether (sulfide) groups is 1. The molecule has 1 amide bonds. The summed E-state index contributed by atoms with van der Waals surface area (Å²) in [6, 6.07) is 3.98. The molecule has 2 N–H and O–H groups in total. The monoisotopic (exact) mass is 237 g/mol. The van der Waals surface area contributed by atoms with Gasteiger partial charge in [-0.25, -0.2) is 0 Å². The smallest absolute Gasteiger partial charge is 0.232 e. The van der Waals surface area contributed by atoms with Gasteiger partial charge in [0, 0.05) is 36.4 Å². The third-order valence-corrected chi connectivity index (χ3v) is 3.59. The molecule has 1 atom stereocenters. The van der Waals surface area contributed by atoms with Gasteiger partial charge >= 0.3 is 0 Å². The molecule has 0 aromatic carbocycles. The summed E-state index contributed by atoms with van der Waals surface area (Å²) in [5, 5.41) is 0. The van der Waals surface area contributed by atoms with Crippen LogP contribution in [-0.2, 0) is 4.79 Å². The molecule has 0 aliphatic carbocycles. The standard InChI is InChI=1S/C11H15N3OS/c12-9-3-6-14(7-9)11(15)8-16-10-1-4-13-5-2-10/h1-2,4-5,9H,3,6-8,12H2/t9-/m1/s1. The summed E-state index contributed by atoms with van der Waals surface area (Å²) in [6.07, 6.45) is 4.39. The Morgan fingerprint density at radius 2 is 2.31 bits per heavy atom. The number of nitrogens with zero attached hydrogens (tertiary/aromatic N) is 2. The first kappa shape index (κ1) is 11.4. The molecule has 0 bridgehead atoms. The minimum Gasteiger partial charge on any atom is -0.340 e. The van der Waals surface area contributed by atoms with E-state index in [2.05, 4.69) is 4.98 Å². The fourth-order valence-electron chi connectivity index (χ4n) is 1.68. The van der Waals surface area contributed by atoms with Crippen molar-refractivity contribution in [2.75, 3.05) is 18.8 Å². The average Bonchev–Trinajstić information content (AvgIpc) is 2.74. The molecule has 1 aliphatic heterocycles. The van der Waals surface area contributed by atoms with E-state index in [1.807, 2.05) is 17.0 Å². The molecule has 5 heteroatoms. The van der Waals surface area contributed by atoms with Gasteiger partial charge in [0.2, 0.25) is 5.91 Å². The van der Waals surface area contributed by atoms with Crippen LogP contribution in [0.15, 0.2) is 29.4 Å². The van der Waals surface area contributed by atoms with Crippen LogP contribution in [0.4, 0.5) is 0 Å². The number of likely N-dealkylation sites (tertiary alicyclic amines) is 1. The topological polar surface area (TPSA) is 59.2 Å². The van der Waals surface area contributed by atoms with Crippen molar-refractivity contribution in [3.63, 3.8) is 0 Å². The molecule has 1 aromatic heterocycles. The van der Waals surface area contributed by atoms with E-state index in [4.69, 9.17) is 5.73 Å². The number of carbonyl (C=O) groups excluding carboxylic acids is 1. The molecule has 0 radical (unpaired) electrons. The fraction of sp³-hybridized carbons (Fsp3) is 0.455. The predicted molar refractivity (Wildman–Crippen MR) is 64.1 cm³/mol. The highest BCUT2D eigenvalue weighted by Gasteiger charge is 2.23. The van der Waals surface area contributed by atoms with E-state index in [0.717, 1.165) is 17.9 Å². The molecule has 1 aliphatic rings. The Morgan fingerprint density at radius 1 is 1.56 bits per heavy atom. The van der Waals surface area contributed by atoms with Crippen LogP contribution >= 0.6 is 11.8 Å². The molecular weight excluding hydrogens is 222 g/mol. The fourth-order valence-corrected chi connectivity index (χ4v) is 2.47. The molecule has 1 saturated heterocycles. The van der Waals surface area contributed by atoms with Gasteiger partial charge < -0.3 is 10.6 Å². The number of hydrogen-bond acceptors (Lipinski definition) is 4. The van der Waals surface area contributed by atoms with E-state index < -0.39 is 0 Å². The van der Waals surface area contributed by atoms with E-state index >= 15 is 0 Å². The molecule has 2 rings (SSSR count). The van der Waals surface area contributed by atoms with E-state index in [1.165, 1.54) is 0 Å². The lowest BCUT2D eigenvalue weighted by atomic mass is 10.3. The Labute approximate surface area is 99.2 Å². The van der Waals surface area contributed by atoms with Gasteiger partial charge in [0.1, 0.15) is 0 Å². The molecule has 0 saturated carbocycles. The Hall–Kier alpha value is -1.07. The summed E-state index contributed by atoms with van der Waals surface area (Å²) in [5.74, 6) is 0.659. The maximum Gasteiger partial charge on any atom is 0.232 e. The number of hydrogen-bond donors (Lipinski definition) is 1. The van der Waals surface area contributed by atoms with Crippen molar-refractivity contribution in [3.05, 3.63) is 24.5 Å². The first-order valence-corrected chi connectivity index (χ1v) is 6.30. The predicted octanol–water partition coefficient (Wildman–Crippen LogP) is 0.733. The Kier molecular flexibility index (Phi) is 3.79. The molecule has 0 unspecified atom stereocenters. The van der Waals surface area contributed by atoms with Crippen LogP contribution in [0.3, 0.4) is 0 Å². The van der Waals surface area contributed by atoms with Crippen molar-refractivity contribution in [2.24, 2.45) is 5.73 Å². The second kappa shape index (κ2) is 5.32. The summed E-state index contributed by atoms with van der Waals surface area (Å²) >= 11 is 1.54. The molecular formula is C11H15N3OS. The maximum absolute atomic E-state index is 11.8. The Morgan fingerprint density at radius 3 is 2.94 bits per heavy atom. The van der Waals surface area contributed by atoms with Crippen molar-refractivity contribution >= 4 is 17.7 Å². The van der Waals surface area contributed by atoms with Gasteiger partial charge in [-0.2, -0.15) is 0 Å². The van der Waals surface area contributed by atoms with Crippen molar-refractivity contribution < 1.29 is 4.79 Å². The second-order valence-corrected chi connectivity index (χ2v) is 4.91. The third kappa shape index (κ3) is 2.96. The highest BCUT2D eigenvalue weighted by atomic mass is 32.2. The Bertz CT molecular complexity index is 358. The van der Waals surface area contributed by atoms with Gasteiger partial charge in [-0.05, 0) is 18.6 Å². The maximum atomic E-state index is 11.8. The third-order valence-electron chi connectivity index (χ3n) is 2.59. The average molecular weight is 237 g/mol. The van der Waals surface area contributed by atoms with Crippen LogP contribution in [-0.4, -0.2) is 40.7 Å². The number of pyridine rings is 1. The molecule has 4 nitrogen and oxygen atoms in total. The van der Waals surface area contributed by atoms with Crippen molar-refractivity contribution in [1.29, 1.82) is 0 Å². The molecule has 16 heavy (non-hydrogen) atoms. The largest absolute Gasteiger partial charge is 0.340 e. The van der Waals surface area contributed by atoms with E-state index in [1.54, 1.807) is 24.2 Å². The normalized spacial score (nSPS) is 20.1. The number of nitrogens with two attached hydrogens (primary N) is 1. The highest BCUT2D eigenvalue weighted by Crippen LogP contribution is 2.18. The lowest BCUT2D eigenvalue weighted by Crippen LogP contribution is -2.33. The summed E-state index contributed by atoms with van der Waals surface area (Å²) in [5.41, 5.74) is 5.76. The van der Waals surface area contributed by atoms with Gasteiger partial charge in [-0.3, -0.25) is 9.78 Å². The van der Waals surface area contributed by atoms with Gasteiger partial charge in [-0.1, -0.05) is 0 Å². The number of rotatable bonds is 3. The van der Waals surface area contributed by atoms with Gasteiger partial charge in [-0.15, -0.1) is 11.8 Å². The van der Waals surface area contributed by atoms with Gasteiger partial charge in [0.05, 0.1) is 5.75 Å². The van der Waals surface area contributed by atoms with Crippen LogP contribution in [0.1, 0.15) is 6.42 Å².